The molecule has 0 radical (unpaired) electrons. The van der Waals surface area contributed by atoms with Gasteiger partial charge in [-0.25, -0.2) is 4.98 Å². The van der Waals surface area contributed by atoms with Gasteiger partial charge in [-0.3, -0.25) is 4.40 Å². The Morgan fingerprint density at radius 2 is 1.85 bits per heavy atom. The number of fused-ring (bicyclic) bond motifs is 3. The topological polar surface area (TPSA) is 53.1 Å². The second-order valence-electron chi connectivity index (χ2n) is 6.83. The van der Waals surface area contributed by atoms with Crippen LogP contribution in [0.1, 0.15) is 43.0 Å². The van der Waals surface area contributed by atoms with Crippen LogP contribution in [-0.4, -0.2) is 9.38 Å². The van der Waals surface area contributed by atoms with Crippen LogP contribution in [0.3, 0.4) is 0 Å². The Morgan fingerprint density at radius 1 is 1.11 bits per heavy atom. The summed E-state index contributed by atoms with van der Waals surface area (Å²) < 4.78 is 2.08. The first-order valence-corrected chi connectivity index (χ1v) is 9.37. The number of benzene rings is 2. The number of para-hydroxylation sites is 2. The molecule has 0 saturated heterocycles. The zero-order valence-corrected chi connectivity index (χ0v) is 15.6. The first-order valence-electron chi connectivity index (χ1n) is 9.37. The fourth-order valence-corrected chi connectivity index (χ4v) is 3.62. The van der Waals surface area contributed by atoms with Crippen molar-refractivity contribution in [1.82, 2.24) is 9.38 Å². The molecule has 0 bridgehead atoms. The molecule has 2 aromatic carbocycles. The molecule has 0 unspecified atom stereocenters. The Bertz CT molecular complexity index is 1140. The minimum absolute atomic E-state index is 0.137. The maximum atomic E-state index is 9.80. The van der Waals surface area contributed by atoms with E-state index in [1.165, 1.54) is 5.56 Å². The number of imidazole rings is 1. The summed E-state index contributed by atoms with van der Waals surface area (Å²) in [6, 6.07) is 23.0. The number of rotatable bonds is 5. The molecule has 0 saturated carbocycles. The summed E-state index contributed by atoms with van der Waals surface area (Å²) in [5, 5.41) is 13.4. The third kappa shape index (κ3) is 3.02. The Kier molecular flexibility index (Phi) is 4.52. The highest BCUT2D eigenvalue weighted by molar-refractivity contribution is 5.85. The fourth-order valence-electron chi connectivity index (χ4n) is 3.62. The van der Waals surface area contributed by atoms with Gasteiger partial charge in [0.1, 0.15) is 11.9 Å². The normalized spacial score (nSPS) is 12.2. The zero-order valence-electron chi connectivity index (χ0n) is 15.6. The third-order valence-corrected chi connectivity index (χ3v) is 4.95. The van der Waals surface area contributed by atoms with Gasteiger partial charge in [-0.05, 0) is 42.7 Å². The van der Waals surface area contributed by atoms with E-state index in [2.05, 4.69) is 60.0 Å². The van der Waals surface area contributed by atoms with Crippen molar-refractivity contribution in [3.05, 3.63) is 77.4 Å². The van der Waals surface area contributed by atoms with Gasteiger partial charge in [0.05, 0.1) is 16.6 Å². The van der Waals surface area contributed by atoms with Crippen LogP contribution in [-0.2, 0) is 6.42 Å². The summed E-state index contributed by atoms with van der Waals surface area (Å²) in [5.41, 5.74) is 5.58. The zero-order chi connectivity index (χ0) is 18.8. The first kappa shape index (κ1) is 17.1. The number of aromatic nitrogens is 2. The van der Waals surface area contributed by atoms with E-state index in [9.17, 15) is 5.26 Å². The molecule has 4 nitrogen and oxygen atoms in total. The van der Waals surface area contributed by atoms with Crippen LogP contribution in [0, 0.1) is 11.3 Å². The molecule has 2 aromatic heterocycles. The maximum Gasteiger partial charge on any atom is 0.157 e. The van der Waals surface area contributed by atoms with Gasteiger partial charge in [-0.2, -0.15) is 5.26 Å². The smallest absolute Gasteiger partial charge is 0.157 e. The van der Waals surface area contributed by atoms with Gasteiger partial charge in [0.25, 0.3) is 0 Å². The van der Waals surface area contributed by atoms with Crippen molar-refractivity contribution in [2.75, 3.05) is 5.32 Å². The Hall–Kier alpha value is -3.32. The summed E-state index contributed by atoms with van der Waals surface area (Å²) in [4.78, 5) is 4.77. The molecule has 4 heteroatoms. The quantitative estimate of drug-likeness (QED) is 0.516. The molecule has 4 aromatic rings. The second-order valence-corrected chi connectivity index (χ2v) is 6.83. The van der Waals surface area contributed by atoms with E-state index in [0.29, 0.717) is 5.56 Å². The fraction of sp³-hybridized carbons (Fsp3) is 0.217. The lowest BCUT2D eigenvalue weighted by Gasteiger charge is -2.19. The van der Waals surface area contributed by atoms with Crippen LogP contribution in [0.5, 0.6) is 0 Å². The molecule has 0 aliphatic carbocycles. The van der Waals surface area contributed by atoms with E-state index in [0.717, 1.165) is 40.9 Å². The van der Waals surface area contributed by atoms with Gasteiger partial charge >= 0.3 is 0 Å². The summed E-state index contributed by atoms with van der Waals surface area (Å²) in [6.45, 7) is 4.28. The Labute approximate surface area is 159 Å². The predicted molar refractivity (Wildman–Crippen MR) is 110 cm³/mol. The molecule has 1 N–H and O–H groups in total. The molecule has 2 heterocycles. The molecule has 0 aliphatic rings. The molecule has 0 amide bonds. The molecule has 134 valence electrons. The van der Waals surface area contributed by atoms with Crippen LogP contribution >= 0.6 is 0 Å². The SMILES string of the molecule is CCCc1cc(N[C@H](C)c2ccccc2)n2c(nc3ccccc32)c1C#N. The minimum atomic E-state index is 0.137. The lowest BCUT2D eigenvalue weighted by molar-refractivity contribution is 0.864. The van der Waals surface area contributed by atoms with E-state index in [-0.39, 0.29) is 6.04 Å². The van der Waals surface area contributed by atoms with Crippen molar-refractivity contribution >= 4 is 22.5 Å². The van der Waals surface area contributed by atoms with Crippen molar-refractivity contribution < 1.29 is 0 Å². The lowest BCUT2D eigenvalue weighted by Crippen LogP contribution is -2.11. The molecule has 0 fully saturated rings. The van der Waals surface area contributed by atoms with Crippen molar-refractivity contribution in [2.45, 2.75) is 32.7 Å². The van der Waals surface area contributed by atoms with Crippen LogP contribution in [0.25, 0.3) is 16.7 Å². The van der Waals surface area contributed by atoms with Crippen LogP contribution < -0.4 is 5.32 Å². The number of nitrogens with zero attached hydrogens (tertiary/aromatic N) is 3. The Morgan fingerprint density at radius 3 is 2.59 bits per heavy atom. The Balaban J connectivity index is 1.94. The maximum absolute atomic E-state index is 9.80. The molecule has 0 spiro atoms. The number of pyridine rings is 1. The number of nitrogens with one attached hydrogen (secondary N) is 1. The van der Waals surface area contributed by atoms with Gasteiger partial charge in [0, 0.05) is 6.04 Å². The van der Waals surface area contributed by atoms with E-state index < -0.39 is 0 Å². The van der Waals surface area contributed by atoms with Gasteiger partial charge in [-0.1, -0.05) is 55.8 Å². The monoisotopic (exact) mass is 354 g/mol. The minimum Gasteiger partial charge on any atom is -0.365 e. The highest BCUT2D eigenvalue weighted by atomic mass is 15.1. The standard InChI is InChI=1S/C23H22N4/c1-3-9-18-14-22(25-16(2)17-10-5-4-6-11-17)27-21-13-8-7-12-20(21)26-23(27)19(18)15-24/h4-8,10-14,16,25H,3,9H2,1-2H3/t16-/m1/s1. The van der Waals surface area contributed by atoms with Crippen molar-refractivity contribution in [2.24, 2.45) is 0 Å². The highest BCUT2D eigenvalue weighted by Gasteiger charge is 2.17. The van der Waals surface area contributed by atoms with Crippen molar-refractivity contribution in [3.8, 4) is 6.07 Å². The molecular formula is C23H22N4. The number of hydrogen-bond acceptors (Lipinski definition) is 3. The van der Waals surface area contributed by atoms with E-state index in [1.807, 2.05) is 30.3 Å². The van der Waals surface area contributed by atoms with Gasteiger partial charge < -0.3 is 5.32 Å². The molecule has 27 heavy (non-hydrogen) atoms. The lowest BCUT2D eigenvalue weighted by atomic mass is 10.0. The molecule has 1 atom stereocenters. The average Bonchev–Trinajstić information content (AvgIpc) is 3.08. The van der Waals surface area contributed by atoms with Gasteiger partial charge in [0.15, 0.2) is 5.65 Å². The van der Waals surface area contributed by atoms with Crippen molar-refractivity contribution in [3.63, 3.8) is 0 Å². The molecule has 0 aliphatic heterocycles. The predicted octanol–water partition coefficient (Wildman–Crippen LogP) is 5.48. The van der Waals surface area contributed by atoms with Gasteiger partial charge in [0.2, 0.25) is 0 Å². The average molecular weight is 354 g/mol. The number of hydrogen-bond donors (Lipinski definition) is 1. The number of nitriles is 1. The van der Waals surface area contributed by atoms with Gasteiger partial charge in [-0.15, -0.1) is 0 Å². The summed E-state index contributed by atoms with van der Waals surface area (Å²) in [6.07, 6.45) is 1.84. The first-order chi connectivity index (χ1) is 13.2. The van der Waals surface area contributed by atoms with E-state index >= 15 is 0 Å². The summed E-state index contributed by atoms with van der Waals surface area (Å²) in [5.74, 6) is 0.970. The summed E-state index contributed by atoms with van der Waals surface area (Å²) >= 11 is 0. The number of aryl methyl sites for hydroxylation is 1. The van der Waals surface area contributed by atoms with Crippen molar-refractivity contribution in [1.29, 1.82) is 5.26 Å². The summed E-state index contributed by atoms with van der Waals surface area (Å²) in [7, 11) is 0. The largest absolute Gasteiger partial charge is 0.365 e. The molecule has 4 rings (SSSR count). The second kappa shape index (κ2) is 7.13. The van der Waals surface area contributed by atoms with Crippen LogP contribution in [0.4, 0.5) is 5.82 Å². The van der Waals surface area contributed by atoms with Crippen LogP contribution in [0.15, 0.2) is 60.7 Å². The van der Waals surface area contributed by atoms with E-state index in [4.69, 9.17) is 4.98 Å². The molecular weight excluding hydrogens is 332 g/mol. The third-order valence-electron chi connectivity index (χ3n) is 4.95. The van der Waals surface area contributed by atoms with Crippen LogP contribution in [0.2, 0.25) is 0 Å². The van der Waals surface area contributed by atoms with E-state index in [1.54, 1.807) is 0 Å². The number of anilines is 1. The highest BCUT2D eigenvalue weighted by Crippen LogP contribution is 2.29.